The Kier molecular flexibility index (Phi) is 8.06. The highest BCUT2D eigenvalue weighted by Crippen LogP contribution is 2.28. The number of isocyanates is 1. The molecule has 1 heterocycles. The molecule has 5 heteroatoms. The molecule has 1 unspecified atom stereocenters. The van der Waals surface area contributed by atoms with Gasteiger partial charge in [0.05, 0.1) is 13.2 Å². The minimum Gasteiger partial charge on any atom is -0.464 e. The van der Waals surface area contributed by atoms with Gasteiger partial charge in [0.15, 0.2) is 6.04 Å². The van der Waals surface area contributed by atoms with E-state index < -0.39 is 12.0 Å². The van der Waals surface area contributed by atoms with Crippen molar-refractivity contribution in [1.29, 1.82) is 0 Å². The molecule has 31 heavy (non-hydrogen) atoms. The van der Waals surface area contributed by atoms with Gasteiger partial charge < -0.3 is 9.30 Å². The van der Waals surface area contributed by atoms with Gasteiger partial charge in [0.25, 0.3) is 0 Å². The van der Waals surface area contributed by atoms with Crippen LogP contribution in [0.5, 0.6) is 0 Å². The lowest BCUT2D eigenvalue weighted by atomic mass is 10.1. The standard InChI is InChI=1S/C26H24N2O3/c1-2-31-26(30)23(27-20-29)16-8-6-4-3-5-7-13-19-28-24-17-11-9-14-21(24)22-15-10-12-18-25(22)28/h9-12,14-15,17-18,23H,2,4,6,8,16,19H2,1H3. The van der Waals surface area contributed by atoms with Crippen LogP contribution in [0.4, 0.5) is 0 Å². The van der Waals surface area contributed by atoms with Crippen LogP contribution in [0.1, 0.15) is 32.6 Å². The molecule has 2 aromatic carbocycles. The van der Waals surface area contributed by atoms with Gasteiger partial charge in [0.2, 0.25) is 6.08 Å². The van der Waals surface area contributed by atoms with Crippen LogP contribution in [-0.4, -0.2) is 29.3 Å². The van der Waals surface area contributed by atoms with Gasteiger partial charge in [0.1, 0.15) is 0 Å². The van der Waals surface area contributed by atoms with Gasteiger partial charge >= 0.3 is 5.97 Å². The first-order valence-electron chi connectivity index (χ1n) is 10.4. The predicted molar refractivity (Wildman–Crippen MR) is 122 cm³/mol. The van der Waals surface area contributed by atoms with Crippen molar-refractivity contribution in [3.8, 4) is 23.7 Å². The van der Waals surface area contributed by atoms with Crippen LogP contribution >= 0.6 is 0 Å². The van der Waals surface area contributed by atoms with Crippen molar-refractivity contribution < 1.29 is 14.3 Å². The van der Waals surface area contributed by atoms with Crippen molar-refractivity contribution >= 4 is 33.9 Å². The maximum absolute atomic E-state index is 11.7. The molecule has 156 valence electrons. The summed E-state index contributed by atoms with van der Waals surface area (Å²) in [6, 6.07) is 15.9. The quantitative estimate of drug-likeness (QED) is 0.178. The van der Waals surface area contributed by atoms with Gasteiger partial charge in [-0.3, -0.25) is 0 Å². The van der Waals surface area contributed by atoms with Crippen LogP contribution in [0.3, 0.4) is 0 Å². The average Bonchev–Trinajstić information content (AvgIpc) is 3.11. The summed E-state index contributed by atoms with van der Waals surface area (Å²) >= 11 is 0. The molecule has 0 saturated heterocycles. The molecular weight excluding hydrogens is 388 g/mol. The topological polar surface area (TPSA) is 60.7 Å². The number of hydrogen-bond donors (Lipinski definition) is 0. The van der Waals surface area contributed by atoms with Crippen molar-refractivity contribution in [2.24, 2.45) is 4.99 Å². The molecule has 0 aliphatic heterocycles. The molecule has 1 aromatic heterocycles. The second kappa shape index (κ2) is 11.4. The molecule has 0 aliphatic rings. The fourth-order valence-corrected chi connectivity index (χ4v) is 3.53. The van der Waals surface area contributed by atoms with Crippen molar-refractivity contribution in [2.45, 2.75) is 45.2 Å². The Labute approximate surface area is 182 Å². The van der Waals surface area contributed by atoms with Crippen LogP contribution in [0.15, 0.2) is 53.5 Å². The number of aromatic nitrogens is 1. The van der Waals surface area contributed by atoms with Gasteiger partial charge in [-0.2, -0.15) is 4.99 Å². The molecule has 0 N–H and O–H groups in total. The normalized spacial score (nSPS) is 11.0. The molecule has 0 radical (unpaired) electrons. The zero-order chi connectivity index (χ0) is 21.9. The second-order valence-electron chi connectivity index (χ2n) is 6.96. The smallest absolute Gasteiger partial charge is 0.331 e. The lowest BCUT2D eigenvalue weighted by Crippen LogP contribution is -2.21. The number of ether oxygens (including phenoxy) is 1. The molecule has 3 rings (SSSR count). The summed E-state index contributed by atoms with van der Waals surface area (Å²) < 4.78 is 7.11. The van der Waals surface area contributed by atoms with Crippen molar-refractivity contribution in [2.75, 3.05) is 6.61 Å². The maximum Gasteiger partial charge on any atom is 0.331 e. The first-order chi connectivity index (χ1) is 15.3. The second-order valence-corrected chi connectivity index (χ2v) is 6.96. The summed E-state index contributed by atoms with van der Waals surface area (Å²) in [4.78, 5) is 25.7. The zero-order valence-corrected chi connectivity index (χ0v) is 17.6. The van der Waals surface area contributed by atoms with Crippen molar-refractivity contribution in [3.05, 3.63) is 48.5 Å². The SMILES string of the molecule is CCOC(=O)C(CCCCC#CC#CCn1c2ccccc2c2ccccc21)N=C=O. The highest BCUT2D eigenvalue weighted by atomic mass is 16.5. The van der Waals surface area contributed by atoms with E-state index in [-0.39, 0.29) is 6.61 Å². The molecule has 1 atom stereocenters. The fraction of sp³-hybridized carbons (Fsp3) is 0.308. The van der Waals surface area contributed by atoms with E-state index in [1.54, 1.807) is 6.92 Å². The number of esters is 1. The number of carbonyl (C=O) groups is 1. The average molecular weight is 412 g/mol. The molecule has 0 aliphatic carbocycles. The highest BCUT2D eigenvalue weighted by Gasteiger charge is 2.17. The molecule has 0 bridgehead atoms. The maximum atomic E-state index is 11.7. The Morgan fingerprint density at radius 1 is 1.00 bits per heavy atom. The number of rotatable bonds is 8. The Hall–Kier alpha value is -3.79. The highest BCUT2D eigenvalue weighted by molar-refractivity contribution is 6.08. The lowest BCUT2D eigenvalue weighted by Gasteiger charge is -2.08. The predicted octanol–water partition coefficient (Wildman–Crippen LogP) is 4.63. The van der Waals surface area contributed by atoms with Gasteiger partial charge in [-0.15, -0.1) is 0 Å². The number of benzene rings is 2. The Balaban J connectivity index is 1.53. The van der Waals surface area contributed by atoms with Crippen LogP contribution in [0.25, 0.3) is 21.8 Å². The van der Waals surface area contributed by atoms with Crippen LogP contribution in [0.2, 0.25) is 0 Å². The number of unbranched alkanes of at least 4 members (excludes halogenated alkanes) is 2. The van der Waals surface area contributed by atoms with E-state index >= 15 is 0 Å². The van der Waals surface area contributed by atoms with E-state index in [0.29, 0.717) is 19.4 Å². The largest absolute Gasteiger partial charge is 0.464 e. The Bertz CT molecular complexity index is 1170. The molecule has 3 aromatic rings. The number of hydrogen-bond acceptors (Lipinski definition) is 4. The monoisotopic (exact) mass is 412 g/mol. The minimum absolute atomic E-state index is 0.266. The summed E-state index contributed by atoms with van der Waals surface area (Å²) in [6.45, 7) is 2.56. The third kappa shape index (κ3) is 5.64. The van der Waals surface area contributed by atoms with Crippen LogP contribution in [-0.2, 0) is 20.9 Å². The zero-order valence-electron chi connectivity index (χ0n) is 17.6. The van der Waals surface area contributed by atoms with E-state index in [9.17, 15) is 9.59 Å². The summed E-state index contributed by atoms with van der Waals surface area (Å²) in [5.74, 6) is 11.5. The number of para-hydroxylation sites is 2. The number of aliphatic imine (C=N–C) groups is 1. The van der Waals surface area contributed by atoms with Gasteiger partial charge in [-0.1, -0.05) is 48.2 Å². The molecule has 0 saturated carbocycles. The van der Waals surface area contributed by atoms with E-state index in [1.165, 1.54) is 27.9 Å². The number of fused-ring (bicyclic) bond motifs is 3. The lowest BCUT2D eigenvalue weighted by molar-refractivity contribution is -0.144. The first-order valence-corrected chi connectivity index (χ1v) is 10.4. The number of nitrogens with zero attached hydrogens (tertiary/aromatic N) is 2. The van der Waals surface area contributed by atoms with E-state index in [0.717, 1.165) is 12.8 Å². The molecule has 0 spiro atoms. The van der Waals surface area contributed by atoms with Gasteiger partial charge in [-0.25, -0.2) is 9.59 Å². The van der Waals surface area contributed by atoms with Gasteiger partial charge in [0, 0.05) is 28.2 Å². The number of carbonyl (C=O) groups excluding carboxylic acids is 2. The summed E-state index contributed by atoms with van der Waals surface area (Å²) in [7, 11) is 0. The summed E-state index contributed by atoms with van der Waals surface area (Å²) in [6.07, 6.45) is 4.08. The molecular formula is C26H24N2O3. The van der Waals surface area contributed by atoms with E-state index in [1.807, 2.05) is 12.1 Å². The third-order valence-corrected chi connectivity index (χ3v) is 4.95. The van der Waals surface area contributed by atoms with Crippen LogP contribution < -0.4 is 0 Å². The van der Waals surface area contributed by atoms with Gasteiger partial charge in [-0.05, 0) is 50.2 Å². The minimum atomic E-state index is -0.767. The summed E-state index contributed by atoms with van der Waals surface area (Å²) in [5, 5.41) is 2.46. The molecule has 0 amide bonds. The van der Waals surface area contributed by atoms with E-state index in [2.05, 4.69) is 69.6 Å². The van der Waals surface area contributed by atoms with Crippen molar-refractivity contribution in [1.82, 2.24) is 4.57 Å². The van der Waals surface area contributed by atoms with Crippen LogP contribution in [0, 0.1) is 23.7 Å². The fourth-order valence-electron chi connectivity index (χ4n) is 3.53. The molecule has 0 fully saturated rings. The molecule has 5 nitrogen and oxygen atoms in total. The van der Waals surface area contributed by atoms with E-state index in [4.69, 9.17) is 4.74 Å². The Morgan fingerprint density at radius 2 is 1.65 bits per heavy atom. The van der Waals surface area contributed by atoms with Crippen molar-refractivity contribution in [3.63, 3.8) is 0 Å². The summed E-state index contributed by atoms with van der Waals surface area (Å²) in [5.41, 5.74) is 2.33. The Morgan fingerprint density at radius 3 is 2.29 bits per heavy atom. The third-order valence-electron chi connectivity index (χ3n) is 4.95. The first kappa shape index (κ1) is 21.9.